The lowest BCUT2D eigenvalue weighted by atomic mass is 10.0. The van der Waals surface area contributed by atoms with E-state index in [0.717, 1.165) is 18.9 Å². The number of rotatable bonds is 1. The van der Waals surface area contributed by atoms with E-state index in [1.165, 1.54) is 13.5 Å². The van der Waals surface area contributed by atoms with Crippen LogP contribution in [0.5, 0.6) is 0 Å². The van der Waals surface area contributed by atoms with Gasteiger partial charge in [0.2, 0.25) is 0 Å². The Labute approximate surface area is 66.1 Å². The number of hydrogen-bond acceptors (Lipinski definition) is 3. The summed E-state index contributed by atoms with van der Waals surface area (Å²) in [5.74, 6) is 0.826. The first-order valence-corrected chi connectivity index (χ1v) is 4.12. The van der Waals surface area contributed by atoms with E-state index in [1.54, 1.807) is 0 Å². The van der Waals surface area contributed by atoms with Gasteiger partial charge in [-0.1, -0.05) is 0 Å². The van der Waals surface area contributed by atoms with Gasteiger partial charge in [-0.2, -0.15) is 0 Å². The van der Waals surface area contributed by atoms with Gasteiger partial charge in [0, 0.05) is 6.04 Å². The van der Waals surface area contributed by atoms with Gasteiger partial charge in [-0.3, -0.25) is 4.79 Å². The third-order valence-corrected chi connectivity index (χ3v) is 2.83. The van der Waals surface area contributed by atoms with E-state index in [4.69, 9.17) is 4.74 Å². The minimum Gasteiger partial charge on any atom is -0.469 e. The molecular formula is C8H13NO2. The van der Waals surface area contributed by atoms with Crippen molar-refractivity contribution in [1.82, 2.24) is 5.32 Å². The molecule has 1 saturated carbocycles. The second-order valence-corrected chi connectivity index (χ2v) is 3.48. The van der Waals surface area contributed by atoms with Gasteiger partial charge in [0.1, 0.15) is 0 Å². The van der Waals surface area contributed by atoms with E-state index in [9.17, 15) is 4.79 Å². The molecule has 2 aliphatic rings. The number of fused-ring (bicyclic) bond motifs is 2. The maximum atomic E-state index is 11.1. The highest BCUT2D eigenvalue weighted by atomic mass is 16.5. The van der Waals surface area contributed by atoms with Crippen molar-refractivity contribution in [3.05, 3.63) is 0 Å². The Hall–Kier alpha value is -0.570. The number of ether oxygens (including phenoxy) is 1. The molecule has 2 rings (SSSR count). The normalized spacial score (nSPS) is 41.0. The largest absolute Gasteiger partial charge is 0.469 e. The van der Waals surface area contributed by atoms with Crippen molar-refractivity contribution in [2.45, 2.75) is 18.9 Å². The lowest BCUT2D eigenvalue weighted by Crippen LogP contribution is -2.37. The van der Waals surface area contributed by atoms with Crippen LogP contribution in [0.2, 0.25) is 0 Å². The molecular weight excluding hydrogens is 142 g/mol. The Morgan fingerprint density at radius 1 is 1.55 bits per heavy atom. The monoisotopic (exact) mass is 155 g/mol. The number of piperidine rings is 1. The summed E-state index contributed by atoms with van der Waals surface area (Å²) in [5, 5.41) is 3.32. The topological polar surface area (TPSA) is 38.3 Å². The first kappa shape index (κ1) is 7.10. The lowest BCUT2D eigenvalue weighted by Gasteiger charge is -2.19. The summed E-state index contributed by atoms with van der Waals surface area (Å²) in [6, 6.07) is 0.410. The molecule has 3 atom stereocenters. The second kappa shape index (κ2) is 2.48. The predicted molar refractivity (Wildman–Crippen MR) is 40.0 cm³/mol. The number of carbonyl (C=O) groups is 1. The summed E-state index contributed by atoms with van der Waals surface area (Å²) in [4.78, 5) is 11.1. The summed E-state index contributed by atoms with van der Waals surface area (Å²) in [6.07, 6.45) is 2.20. The Kier molecular flexibility index (Phi) is 1.60. The zero-order chi connectivity index (χ0) is 7.84. The van der Waals surface area contributed by atoms with Crippen LogP contribution in [-0.2, 0) is 9.53 Å². The van der Waals surface area contributed by atoms with Crippen molar-refractivity contribution in [2.24, 2.45) is 11.8 Å². The standard InChI is InChI=1S/C8H13NO2/c1-11-8(10)6-2-5-3-7(6)9-4-5/h5-7,9H,2-4H2,1H3/t5-,6-,7-/m1/s1. The lowest BCUT2D eigenvalue weighted by molar-refractivity contribution is -0.146. The van der Waals surface area contributed by atoms with Crippen LogP contribution in [-0.4, -0.2) is 25.7 Å². The maximum absolute atomic E-state index is 11.1. The molecule has 1 N–H and O–H groups in total. The third kappa shape index (κ3) is 1.03. The minimum absolute atomic E-state index is 0.0373. The summed E-state index contributed by atoms with van der Waals surface area (Å²) in [7, 11) is 1.47. The molecule has 2 bridgehead atoms. The van der Waals surface area contributed by atoms with E-state index in [1.807, 2.05) is 0 Å². The highest BCUT2D eigenvalue weighted by Crippen LogP contribution is 2.36. The van der Waals surface area contributed by atoms with Crippen molar-refractivity contribution in [3.63, 3.8) is 0 Å². The molecule has 0 aromatic carbocycles. The Morgan fingerprint density at radius 2 is 2.36 bits per heavy atom. The predicted octanol–water partition coefficient (Wildman–Crippen LogP) is 0.157. The molecule has 1 aliphatic carbocycles. The van der Waals surface area contributed by atoms with E-state index < -0.39 is 0 Å². The minimum atomic E-state index is -0.0373. The average molecular weight is 155 g/mol. The van der Waals surface area contributed by atoms with Crippen molar-refractivity contribution in [2.75, 3.05) is 13.7 Å². The molecule has 0 amide bonds. The molecule has 1 saturated heterocycles. The van der Waals surface area contributed by atoms with Crippen LogP contribution in [0.1, 0.15) is 12.8 Å². The molecule has 3 nitrogen and oxygen atoms in total. The fourth-order valence-corrected chi connectivity index (χ4v) is 2.27. The smallest absolute Gasteiger partial charge is 0.310 e. The highest BCUT2D eigenvalue weighted by molar-refractivity contribution is 5.73. The summed E-state index contributed by atoms with van der Waals surface area (Å²) in [5.41, 5.74) is 0. The number of esters is 1. The molecule has 0 radical (unpaired) electrons. The molecule has 0 spiro atoms. The number of methoxy groups -OCH3 is 1. The van der Waals surface area contributed by atoms with Gasteiger partial charge >= 0.3 is 5.97 Å². The second-order valence-electron chi connectivity index (χ2n) is 3.48. The first-order chi connectivity index (χ1) is 5.31. The summed E-state index contributed by atoms with van der Waals surface area (Å²) < 4.78 is 4.71. The van der Waals surface area contributed by atoms with Gasteiger partial charge in [-0.25, -0.2) is 0 Å². The Balaban J connectivity index is 2.02. The molecule has 1 aliphatic heterocycles. The van der Waals surface area contributed by atoms with Crippen LogP contribution >= 0.6 is 0 Å². The molecule has 62 valence electrons. The quantitative estimate of drug-likeness (QED) is 0.548. The van der Waals surface area contributed by atoms with E-state index in [-0.39, 0.29) is 11.9 Å². The number of carbonyl (C=O) groups excluding carboxylic acids is 1. The van der Waals surface area contributed by atoms with E-state index in [0.29, 0.717) is 6.04 Å². The van der Waals surface area contributed by atoms with Gasteiger partial charge in [-0.15, -0.1) is 0 Å². The zero-order valence-electron chi connectivity index (χ0n) is 6.67. The highest BCUT2D eigenvalue weighted by Gasteiger charge is 2.43. The van der Waals surface area contributed by atoms with Crippen molar-refractivity contribution >= 4 is 5.97 Å². The van der Waals surface area contributed by atoms with Gasteiger partial charge < -0.3 is 10.1 Å². The van der Waals surface area contributed by atoms with Crippen molar-refractivity contribution in [1.29, 1.82) is 0 Å². The zero-order valence-corrected chi connectivity index (χ0v) is 6.67. The van der Waals surface area contributed by atoms with Crippen LogP contribution in [0.3, 0.4) is 0 Å². The molecule has 3 heteroatoms. The number of hydrogen-bond donors (Lipinski definition) is 1. The van der Waals surface area contributed by atoms with Crippen LogP contribution in [0.15, 0.2) is 0 Å². The Morgan fingerprint density at radius 3 is 2.82 bits per heavy atom. The van der Waals surface area contributed by atoms with Crippen LogP contribution in [0.25, 0.3) is 0 Å². The molecule has 0 unspecified atom stereocenters. The molecule has 0 aromatic heterocycles. The van der Waals surface area contributed by atoms with E-state index in [2.05, 4.69) is 5.32 Å². The third-order valence-electron chi connectivity index (χ3n) is 2.83. The van der Waals surface area contributed by atoms with Gasteiger partial charge in [-0.05, 0) is 25.3 Å². The molecule has 1 heterocycles. The summed E-state index contributed by atoms with van der Waals surface area (Å²) in [6.45, 7) is 1.10. The molecule has 0 aromatic rings. The van der Waals surface area contributed by atoms with Gasteiger partial charge in [0.15, 0.2) is 0 Å². The fraction of sp³-hybridized carbons (Fsp3) is 0.875. The van der Waals surface area contributed by atoms with Crippen molar-refractivity contribution in [3.8, 4) is 0 Å². The van der Waals surface area contributed by atoms with Gasteiger partial charge in [0.25, 0.3) is 0 Å². The number of nitrogens with one attached hydrogen (secondary N) is 1. The van der Waals surface area contributed by atoms with Crippen molar-refractivity contribution < 1.29 is 9.53 Å². The molecule has 2 fully saturated rings. The first-order valence-electron chi connectivity index (χ1n) is 4.12. The van der Waals surface area contributed by atoms with Gasteiger partial charge in [0.05, 0.1) is 13.0 Å². The Bertz CT molecular complexity index is 181. The SMILES string of the molecule is COC(=O)[C@@H]1C[C@H]2CN[C@@H]1C2. The van der Waals surface area contributed by atoms with Crippen LogP contribution < -0.4 is 5.32 Å². The summed E-state index contributed by atoms with van der Waals surface area (Å²) >= 11 is 0. The fourth-order valence-electron chi connectivity index (χ4n) is 2.27. The van der Waals surface area contributed by atoms with Crippen LogP contribution in [0.4, 0.5) is 0 Å². The van der Waals surface area contributed by atoms with E-state index >= 15 is 0 Å². The van der Waals surface area contributed by atoms with Crippen LogP contribution in [0, 0.1) is 11.8 Å². The average Bonchev–Trinajstić information content (AvgIpc) is 2.62. The maximum Gasteiger partial charge on any atom is 0.310 e. The molecule has 11 heavy (non-hydrogen) atoms.